The van der Waals surface area contributed by atoms with E-state index in [2.05, 4.69) is 5.32 Å². The van der Waals surface area contributed by atoms with E-state index in [1.165, 1.54) is 24.3 Å². The van der Waals surface area contributed by atoms with Gasteiger partial charge in [0, 0.05) is 0 Å². The third kappa shape index (κ3) is 4.33. The first-order chi connectivity index (χ1) is 15.1. The van der Waals surface area contributed by atoms with E-state index in [0.717, 1.165) is 18.2 Å². The van der Waals surface area contributed by atoms with Crippen LogP contribution in [0.4, 0.5) is 8.78 Å². The van der Waals surface area contributed by atoms with Gasteiger partial charge in [0.15, 0.2) is 0 Å². The highest BCUT2D eigenvalue weighted by atomic mass is 32.2. The molecule has 1 heterocycles. The largest absolute Gasteiger partial charge is 0.462 e. The van der Waals surface area contributed by atoms with Crippen molar-refractivity contribution in [2.75, 3.05) is 13.2 Å². The van der Waals surface area contributed by atoms with Crippen LogP contribution in [0.25, 0.3) is 0 Å². The molecule has 1 aliphatic rings. The van der Waals surface area contributed by atoms with Crippen LogP contribution in [0.2, 0.25) is 0 Å². The van der Waals surface area contributed by atoms with Gasteiger partial charge in [-0.25, -0.2) is 26.3 Å². The van der Waals surface area contributed by atoms with Crippen molar-refractivity contribution in [3.05, 3.63) is 65.2 Å². The Morgan fingerprint density at radius 3 is 2.28 bits per heavy atom. The summed E-state index contributed by atoms with van der Waals surface area (Å²) in [7, 11) is -4.06. The van der Waals surface area contributed by atoms with Gasteiger partial charge in [0.25, 0.3) is 21.8 Å². The Labute approximate surface area is 183 Å². The molecule has 1 N–H and O–H groups in total. The number of ether oxygens (including phenoxy) is 1. The van der Waals surface area contributed by atoms with Gasteiger partial charge in [-0.1, -0.05) is 32.0 Å². The Kier molecular flexibility index (Phi) is 6.58. The molecule has 1 atom stereocenters. The first-order valence-corrected chi connectivity index (χ1v) is 11.1. The van der Waals surface area contributed by atoms with Crippen molar-refractivity contribution in [1.82, 2.24) is 9.62 Å². The second-order valence-electron chi connectivity index (χ2n) is 7.34. The van der Waals surface area contributed by atoms with E-state index in [1.54, 1.807) is 13.8 Å². The SMILES string of the molecule is CC(C)[C@H](NC(=O)c1c(F)cccc1F)C(=O)OCCN1C(=O)c2ccccc2S1(=O)=O. The van der Waals surface area contributed by atoms with Gasteiger partial charge >= 0.3 is 5.97 Å². The predicted octanol–water partition coefficient (Wildman–Crippen LogP) is 2.11. The number of amides is 2. The summed E-state index contributed by atoms with van der Waals surface area (Å²) in [6, 6.07) is 7.37. The van der Waals surface area contributed by atoms with Crippen LogP contribution in [0.3, 0.4) is 0 Å². The molecule has 0 unspecified atom stereocenters. The van der Waals surface area contributed by atoms with Gasteiger partial charge < -0.3 is 10.1 Å². The summed E-state index contributed by atoms with van der Waals surface area (Å²) in [4.78, 5) is 37.0. The molecule has 2 aromatic carbocycles. The number of sulfonamides is 1. The lowest BCUT2D eigenvalue weighted by Crippen LogP contribution is -2.46. The lowest BCUT2D eigenvalue weighted by molar-refractivity contribution is -0.147. The topological polar surface area (TPSA) is 110 Å². The van der Waals surface area contributed by atoms with Gasteiger partial charge in [-0.2, -0.15) is 0 Å². The molecule has 1 aliphatic heterocycles. The zero-order chi connectivity index (χ0) is 23.6. The monoisotopic (exact) mass is 466 g/mol. The van der Waals surface area contributed by atoms with Crippen LogP contribution in [-0.2, 0) is 19.6 Å². The summed E-state index contributed by atoms with van der Waals surface area (Å²) in [5.41, 5.74) is -0.810. The third-order valence-corrected chi connectivity index (χ3v) is 6.69. The molecular weight excluding hydrogens is 446 g/mol. The van der Waals surface area contributed by atoms with Crippen molar-refractivity contribution in [2.24, 2.45) is 5.92 Å². The Morgan fingerprint density at radius 2 is 1.69 bits per heavy atom. The summed E-state index contributed by atoms with van der Waals surface area (Å²) >= 11 is 0. The van der Waals surface area contributed by atoms with E-state index in [4.69, 9.17) is 4.74 Å². The maximum Gasteiger partial charge on any atom is 0.328 e. The first-order valence-electron chi connectivity index (χ1n) is 9.63. The molecule has 2 aromatic rings. The van der Waals surface area contributed by atoms with E-state index in [1.807, 2.05) is 0 Å². The first kappa shape index (κ1) is 23.3. The highest BCUT2D eigenvalue weighted by Crippen LogP contribution is 2.29. The van der Waals surface area contributed by atoms with Gasteiger partial charge in [0.2, 0.25) is 0 Å². The van der Waals surface area contributed by atoms with E-state index < -0.39 is 70.1 Å². The molecule has 0 fully saturated rings. The molecule has 8 nitrogen and oxygen atoms in total. The van der Waals surface area contributed by atoms with Crippen molar-refractivity contribution in [3.8, 4) is 0 Å². The van der Waals surface area contributed by atoms with Crippen LogP contribution < -0.4 is 5.32 Å². The number of benzene rings is 2. The molecule has 0 bridgehead atoms. The zero-order valence-corrected chi connectivity index (χ0v) is 18.0. The van der Waals surface area contributed by atoms with Gasteiger partial charge in [-0.3, -0.25) is 9.59 Å². The van der Waals surface area contributed by atoms with Crippen molar-refractivity contribution in [2.45, 2.75) is 24.8 Å². The molecule has 170 valence electrons. The molecule has 32 heavy (non-hydrogen) atoms. The molecule has 0 aromatic heterocycles. The highest BCUT2D eigenvalue weighted by molar-refractivity contribution is 7.90. The summed E-state index contributed by atoms with van der Waals surface area (Å²) in [5.74, 6) is -5.50. The summed E-state index contributed by atoms with van der Waals surface area (Å²) in [5, 5.41) is 2.24. The maximum absolute atomic E-state index is 13.8. The number of carbonyl (C=O) groups excluding carboxylic acids is 3. The number of halogens is 2. The van der Waals surface area contributed by atoms with E-state index in [-0.39, 0.29) is 10.5 Å². The number of hydrogen-bond donors (Lipinski definition) is 1. The second kappa shape index (κ2) is 9.03. The van der Waals surface area contributed by atoms with E-state index in [0.29, 0.717) is 4.31 Å². The Balaban J connectivity index is 1.65. The van der Waals surface area contributed by atoms with E-state index in [9.17, 15) is 31.6 Å². The normalized spacial score (nSPS) is 15.4. The van der Waals surface area contributed by atoms with Crippen molar-refractivity contribution < 1.29 is 36.3 Å². The minimum Gasteiger partial charge on any atom is -0.462 e. The van der Waals surface area contributed by atoms with Gasteiger partial charge in [-0.05, 0) is 30.2 Å². The fraction of sp³-hybridized carbons (Fsp3) is 0.286. The molecule has 0 saturated carbocycles. The molecule has 0 radical (unpaired) electrons. The Morgan fingerprint density at radius 1 is 1.06 bits per heavy atom. The summed E-state index contributed by atoms with van der Waals surface area (Å²) in [6.45, 7) is 2.26. The molecule has 0 aliphatic carbocycles. The minimum atomic E-state index is -4.06. The maximum atomic E-state index is 13.8. The molecule has 3 rings (SSSR count). The quantitative estimate of drug-likeness (QED) is 0.626. The van der Waals surface area contributed by atoms with Gasteiger partial charge in [0.05, 0.1) is 12.1 Å². The minimum absolute atomic E-state index is 0.0260. The molecule has 0 saturated heterocycles. The van der Waals surface area contributed by atoms with Crippen LogP contribution in [0.5, 0.6) is 0 Å². The number of carbonyl (C=O) groups is 3. The molecule has 0 spiro atoms. The van der Waals surface area contributed by atoms with Crippen LogP contribution >= 0.6 is 0 Å². The van der Waals surface area contributed by atoms with Crippen molar-refractivity contribution in [3.63, 3.8) is 0 Å². The standard InChI is InChI=1S/C21H20F2N2O6S/c1-12(2)18(24-19(26)17-14(22)7-5-8-15(17)23)21(28)31-11-10-25-20(27)13-6-3-4-9-16(13)32(25,29)30/h3-9,12,18H,10-11H2,1-2H3,(H,24,26)/t18-/m0/s1. The number of nitrogens with zero attached hydrogens (tertiary/aromatic N) is 1. The average Bonchev–Trinajstić information content (AvgIpc) is 2.92. The number of fused-ring (bicyclic) bond motifs is 1. The number of nitrogens with one attached hydrogen (secondary N) is 1. The smallest absolute Gasteiger partial charge is 0.328 e. The lowest BCUT2D eigenvalue weighted by atomic mass is 10.0. The van der Waals surface area contributed by atoms with Gasteiger partial charge in [-0.15, -0.1) is 0 Å². The van der Waals surface area contributed by atoms with Crippen LogP contribution in [0.1, 0.15) is 34.6 Å². The third-order valence-electron chi connectivity index (χ3n) is 4.85. The fourth-order valence-electron chi connectivity index (χ4n) is 3.20. The number of hydrogen-bond acceptors (Lipinski definition) is 6. The molecule has 2 amide bonds. The Hall–Kier alpha value is -3.34. The van der Waals surface area contributed by atoms with Crippen LogP contribution in [-0.4, -0.2) is 49.7 Å². The fourth-order valence-corrected chi connectivity index (χ4v) is 4.75. The van der Waals surface area contributed by atoms with Crippen molar-refractivity contribution >= 4 is 27.8 Å². The van der Waals surface area contributed by atoms with Gasteiger partial charge in [0.1, 0.15) is 34.7 Å². The molecular formula is C21H20F2N2O6S. The number of esters is 1. The Bertz CT molecular complexity index is 1160. The van der Waals surface area contributed by atoms with Crippen LogP contribution in [0.15, 0.2) is 47.4 Å². The summed E-state index contributed by atoms with van der Waals surface area (Å²) in [6.07, 6.45) is 0. The van der Waals surface area contributed by atoms with E-state index >= 15 is 0 Å². The highest BCUT2D eigenvalue weighted by Gasteiger charge is 2.40. The predicted molar refractivity (Wildman–Crippen MR) is 108 cm³/mol. The lowest BCUT2D eigenvalue weighted by Gasteiger charge is -2.22. The van der Waals surface area contributed by atoms with Crippen LogP contribution in [0, 0.1) is 17.6 Å². The second-order valence-corrected chi connectivity index (χ2v) is 9.17. The summed E-state index contributed by atoms with van der Waals surface area (Å²) < 4.78 is 58.4. The average molecular weight is 466 g/mol. The zero-order valence-electron chi connectivity index (χ0n) is 17.2. The molecule has 11 heteroatoms. The number of rotatable bonds is 7. The van der Waals surface area contributed by atoms with Crippen molar-refractivity contribution in [1.29, 1.82) is 0 Å².